The lowest BCUT2D eigenvalue weighted by molar-refractivity contribution is -0.131. The van der Waals surface area contributed by atoms with Gasteiger partial charge in [-0.25, -0.2) is 9.97 Å². The van der Waals surface area contributed by atoms with Crippen LogP contribution >= 0.6 is 0 Å². The van der Waals surface area contributed by atoms with Gasteiger partial charge < -0.3 is 15.2 Å². The molecule has 2 aromatic heterocycles. The lowest BCUT2D eigenvalue weighted by atomic mass is 10.1. The molecule has 0 aliphatic carbocycles. The van der Waals surface area contributed by atoms with Gasteiger partial charge in [0.15, 0.2) is 0 Å². The van der Waals surface area contributed by atoms with E-state index in [9.17, 15) is 4.79 Å². The number of anilines is 1. The Morgan fingerprint density at radius 1 is 1.59 bits per heavy atom. The number of carbonyl (C=O) groups excluding carboxylic acids is 1. The van der Waals surface area contributed by atoms with Crippen molar-refractivity contribution in [1.29, 1.82) is 5.26 Å². The number of rotatable bonds is 3. The summed E-state index contributed by atoms with van der Waals surface area (Å²) in [5, 5.41) is 13.0. The van der Waals surface area contributed by atoms with Gasteiger partial charge in [-0.3, -0.25) is 4.79 Å². The first kappa shape index (κ1) is 14.3. The molecule has 3 heterocycles. The van der Waals surface area contributed by atoms with Gasteiger partial charge in [-0.05, 0) is 25.8 Å². The lowest BCUT2D eigenvalue weighted by Crippen LogP contribution is -2.45. The fourth-order valence-corrected chi connectivity index (χ4v) is 2.86. The van der Waals surface area contributed by atoms with E-state index >= 15 is 0 Å². The van der Waals surface area contributed by atoms with E-state index in [4.69, 9.17) is 5.26 Å². The van der Waals surface area contributed by atoms with Crippen LogP contribution in [0.15, 0.2) is 12.3 Å². The molecule has 3 rings (SSSR count). The molecule has 1 atom stereocenters. The van der Waals surface area contributed by atoms with E-state index in [1.807, 2.05) is 25.3 Å². The Bertz CT molecular complexity index is 731. The Labute approximate surface area is 128 Å². The number of aromatic nitrogens is 3. The van der Waals surface area contributed by atoms with Crippen molar-refractivity contribution in [1.82, 2.24) is 19.9 Å². The number of fused-ring (bicyclic) bond motifs is 1. The van der Waals surface area contributed by atoms with Crippen molar-refractivity contribution < 1.29 is 4.79 Å². The molecule has 1 aliphatic heterocycles. The molecular weight excluding hydrogens is 280 g/mol. The predicted molar refractivity (Wildman–Crippen MR) is 82.1 cm³/mol. The number of nitriles is 1. The Morgan fingerprint density at radius 3 is 3.27 bits per heavy atom. The summed E-state index contributed by atoms with van der Waals surface area (Å²) in [6.07, 6.45) is 3.69. The first-order chi connectivity index (χ1) is 10.7. The maximum absolute atomic E-state index is 11.9. The summed E-state index contributed by atoms with van der Waals surface area (Å²) in [5.41, 5.74) is 0.809. The minimum atomic E-state index is -0.0975. The summed E-state index contributed by atoms with van der Waals surface area (Å²) in [7, 11) is 0. The smallest absolute Gasteiger partial charge is 0.236 e. The fraction of sp³-hybridized carbons (Fsp3) is 0.467. The van der Waals surface area contributed by atoms with Gasteiger partial charge in [0, 0.05) is 25.3 Å². The van der Waals surface area contributed by atoms with Gasteiger partial charge in [-0.15, -0.1) is 0 Å². The molecule has 1 unspecified atom stereocenters. The number of hydrogen-bond acceptors (Lipinski definition) is 5. The number of amides is 1. The average molecular weight is 298 g/mol. The number of piperidine rings is 1. The van der Waals surface area contributed by atoms with Crippen molar-refractivity contribution in [3.63, 3.8) is 0 Å². The van der Waals surface area contributed by atoms with Crippen molar-refractivity contribution >= 4 is 22.8 Å². The van der Waals surface area contributed by atoms with Gasteiger partial charge >= 0.3 is 0 Å². The lowest BCUT2D eigenvalue weighted by Gasteiger charge is -2.33. The number of nitrogens with one attached hydrogen (secondary N) is 2. The van der Waals surface area contributed by atoms with E-state index in [1.165, 1.54) is 0 Å². The van der Waals surface area contributed by atoms with Crippen molar-refractivity contribution in [2.75, 3.05) is 18.4 Å². The SMILES string of the molecule is Cc1nc(NC2CCCN(C(=O)CC#N)C2)c2cc[nH]c2n1. The van der Waals surface area contributed by atoms with Crippen molar-refractivity contribution in [2.24, 2.45) is 0 Å². The predicted octanol–water partition coefficient (Wildman–Crippen LogP) is 1.58. The zero-order chi connectivity index (χ0) is 15.5. The summed E-state index contributed by atoms with van der Waals surface area (Å²) >= 11 is 0. The molecule has 7 nitrogen and oxygen atoms in total. The molecule has 22 heavy (non-hydrogen) atoms. The zero-order valence-corrected chi connectivity index (χ0v) is 12.5. The number of carbonyl (C=O) groups is 1. The van der Waals surface area contributed by atoms with E-state index in [0.29, 0.717) is 12.4 Å². The molecule has 1 fully saturated rings. The third-order valence-corrected chi connectivity index (χ3v) is 3.87. The van der Waals surface area contributed by atoms with Crippen LogP contribution in [0.4, 0.5) is 5.82 Å². The molecule has 1 aliphatic rings. The number of hydrogen-bond donors (Lipinski definition) is 2. The van der Waals surface area contributed by atoms with Crippen molar-refractivity contribution in [3.8, 4) is 6.07 Å². The number of H-pyrrole nitrogens is 1. The fourth-order valence-electron chi connectivity index (χ4n) is 2.86. The molecule has 2 aromatic rings. The third kappa shape index (κ3) is 2.86. The molecule has 1 saturated heterocycles. The van der Waals surface area contributed by atoms with Crippen LogP contribution < -0.4 is 5.32 Å². The van der Waals surface area contributed by atoms with Crippen LogP contribution in [-0.2, 0) is 4.79 Å². The minimum absolute atomic E-state index is 0.0542. The molecular formula is C15H18N6O. The van der Waals surface area contributed by atoms with Crippen LogP contribution in [0.5, 0.6) is 0 Å². The second-order valence-corrected chi connectivity index (χ2v) is 5.52. The maximum Gasteiger partial charge on any atom is 0.236 e. The maximum atomic E-state index is 11.9. The van der Waals surface area contributed by atoms with Gasteiger partial charge in [0.1, 0.15) is 23.7 Å². The average Bonchev–Trinajstić information content (AvgIpc) is 2.96. The van der Waals surface area contributed by atoms with Crippen LogP contribution in [0.2, 0.25) is 0 Å². The largest absolute Gasteiger partial charge is 0.365 e. The van der Waals surface area contributed by atoms with E-state index in [2.05, 4.69) is 20.3 Å². The Balaban J connectivity index is 1.76. The summed E-state index contributed by atoms with van der Waals surface area (Å²) in [6, 6.07) is 4.01. The van der Waals surface area contributed by atoms with E-state index in [1.54, 1.807) is 4.90 Å². The van der Waals surface area contributed by atoms with Gasteiger partial charge in [0.2, 0.25) is 5.91 Å². The Kier molecular flexibility index (Phi) is 3.92. The third-order valence-electron chi connectivity index (χ3n) is 3.87. The monoisotopic (exact) mass is 298 g/mol. The quantitative estimate of drug-likeness (QED) is 0.896. The highest BCUT2D eigenvalue weighted by Crippen LogP contribution is 2.22. The summed E-state index contributed by atoms with van der Waals surface area (Å²) in [6.45, 7) is 3.19. The van der Waals surface area contributed by atoms with Crippen molar-refractivity contribution in [3.05, 3.63) is 18.1 Å². The number of likely N-dealkylation sites (tertiary alicyclic amines) is 1. The highest BCUT2D eigenvalue weighted by Gasteiger charge is 2.24. The minimum Gasteiger partial charge on any atom is -0.365 e. The van der Waals surface area contributed by atoms with Gasteiger partial charge in [-0.1, -0.05) is 0 Å². The second-order valence-electron chi connectivity index (χ2n) is 5.52. The number of nitrogens with zero attached hydrogens (tertiary/aromatic N) is 4. The highest BCUT2D eigenvalue weighted by molar-refractivity contribution is 5.87. The molecule has 0 spiro atoms. The van der Waals surface area contributed by atoms with E-state index in [-0.39, 0.29) is 18.4 Å². The van der Waals surface area contributed by atoms with Crippen LogP contribution in [0.1, 0.15) is 25.1 Å². The molecule has 2 N–H and O–H groups in total. The standard InChI is InChI=1S/C15H18N6O/c1-10-18-14-12(5-7-17-14)15(19-10)20-11-3-2-8-21(9-11)13(22)4-6-16/h5,7,11H,2-4,8-9H2,1H3,(H2,17,18,19,20). The second kappa shape index (κ2) is 6.02. The molecule has 114 valence electrons. The summed E-state index contributed by atoms with van der Waals surface area (Å²) in [5.74, 6) is 1.40. The highest BCUT2D eigenvalue weighted by atomic mass is 16.2. The van der Waals surface area contributed by atoms with E-state index in [0.717, 1.165) is 36.2 Å². The van der Waals surface area contributed by atoms with Crippen molar-refractivity contribution in [2.45, 2.75) is 32.2 Å². The topological polar surface area (TPSA) is 97.7 Å². The number of aryl methyl sites for hydroxylation is 1. The normalized spacial score (nSPS) is 18.2. The van der Waals surface area contributed by atoms with Gasteiger partial charge in [0.25, 0.3) is 0 Å². The van der Waals surface area contributed by atoms with Crippen LogP contribution in [0.25, 0.3) is 11.0 Å². The zero-order valence-electron chi connectivity index (χ0n) is 12.5. The Morgan fingerprint density at radius 2 is 2.45 bits per heavy atom. The first-order valence-electron chi connectivity index (χ1n) is 7.40. The summed E-state index contributed by atoms with van der Waals surface area (Å²) in [4.78, 5) is 25.5. The van der Waals surface area contributed by atoms with E-state index < -0.39 is 0 Å². The molecule has 0 saturated carbocycles. The molecule has 0 radical (unpaired) electrons. The van der Waals surface area contributed by atoms with Gasteiger partial charge in [0.05, 0.1) is 11.5 Å². The summed E-state index contributed by atoms with van der Waals surface area (Å²) < 4.78 is 0. The Hall–Kier alpha value is -2.62. The van der Waals surface area contributed by atoms with Gasteiger partial charge in [-0.2, -0.15) is 5.26 Å². The van der Waals surface area contributed by atoms with Crippen LogP contribution in [-0.4, -0.2) is 44.9 Å². The molecule has 0 aromatic carbocycles. The molecule has 7 heteroatoms. The molecule has 0 bridgehead atoms. The van der Waals surface area contributed by atoms with Crippen LogP contribution in [0.3, 0.4) is 0 Å². The number of aromatic amines is 1. The first-order valence-corrected chi connectivity index (χ1v) is 7.40. The van der Waals surface area contributed by atoms with Crippen LogP contribution in [0, 0.1) is 18.3 Å². The molecule has 1 amide bonds.